The number of allylic oxidation sites excluding steroid dienone is 4. The van der Waals surface area contributed by atoms with Gasteiger partial charge in [0.1, 0.15) is 5.75 Å². The van der Waals surface area contributed by atoms with Crippen LogP contribution in [-0.2, 0) is 35.0 Å². The average molecular weight is 891 g/mol. The number of hydrogen-bond acceptors (Lipinski definition) is 7. The lowest BCUT2D eigenvalue weighted by Crippen LogP contribution is -2.06. The Hall–Kier alpha value is -5.43. The van der Waals surface area contributed by atoms with Crippen molar-refractivity contribution in [2.24, 2.45) is 16.2 Å². The molecule has 0 bridgehead atoms. The van der Waals surface area contributed by atoms with Crippen molar-refractivity contribution in [2.45, 2.75) is 133 Å². The molecular formula is C58H82O7. The average Bonchev–Trinajstić information content (AvgIpc) is 3.25. The van der Waals surface area contributed by atoms with Gasteiger partial charge in [0.2, 0.25) is 0 Å². The summed E-state index contributed by atoms with van der Waals surface area (Å²) >= 11 is 0. The smallest absolute Gasteiger partial charge is 0.330 e. The number of hydrogen-bond donors (Lipinski definition) is 0. The van der Waals surface area contributed by atoms with Crippen LogP contribution >= 0.6 is 0 Å². The minimum atomic E-state index is -0.290. The highest BCUT2D eigenvalue weighted by molar-refractivity contribution is 5.87. The highest BCUT2D eigenvalue weighted by Gasteiger charge is 2.11. The van der Waals surface area contributed by atoms with Gasteiger partial charge in [0, 0.05) is 18.2 Å². The predicted molar refractivity (Wildman–Crippen MR) is 273 cm³/mol. The molecule has 0 fully saturated rings. The van der Waals surface area contributed by atoms with Gasteiger partial charge in [-0.3, -0.25) is 0 Å². The fourth-order valence-electron chi connectivity index (χ4n) is 5.84. The molecule has 0 saturated carbocycles. The standard InChI is InChI=1S/C21H30O2.C19H26O2.C18H26O3/c1-5-18-12-14-19(15-13-18)10-6-7-11-20(22)23-17-9-8-16-21(2,3)4;1-19(2,3)15-9-10-16-21-18(20)14-8-7-13-17-11-5-4-6-12-17;1-18(2,3)13-5-6-14-21-17(19)12-9-15-7-10-16(20-4)11-8-15/h6-7,10-15H,5,8-9,16-17H2,1-4H3;4-8,11-14H,9-10,15-16H2,1-3H3;7-12H,5-6,13-14H2,1-4H3/b10-6+,11-7+;13-7+,14-8+;12-9+. The zero-order valence-electron chi connectivity index (χ0n) is 41.8. The summed E-state index contributed by atoms with van der Waals surface area (Å²) in [4.78, 5) is 34.6. The van der Waals surface area contributed by atoms with Crippen LogP contribution in [0.1, 0.15) is 149 Å². The molecule has 0 unspecified atom stereocenters. The SMILES string of the molecule is CC(C)(C)CCCCOC(=O)/C=C/C=C/c1ccccc1.CCc1ccc(/C=C/C=C/C(=O)OCCCCC(C)(C)C)cc1.COc1ccc(/C=C/C(=O)OCCCCC(C)(C)C)cc1. The van der Waals surface area contributed by atoms with E-state index in [1.165, 1.54) is 23.8 Å². The predicted octanol–water partition coefficient (Wildman–Crippen LogP) is 15.1. The van der Waals surface area contributed by atoms with Crippen molar-refractivity contribution in [3.05, 3.63) is 144 Å². The summed E-state index contributed by atoms with van der Waals surface area (Å²) in [5.74, 6) is -0.0367. The van der Waals surface area contributed by atoms with E-state index in [9.17, 15) is 14.4 Å². The van der Waals surface area contributed by atoms with E-state index in [0.29, 0.717) is 36.1 Å². The number of unbranched alkanes of at least 4 members (excludes halogenated alkanes) is 3. The number of carbonyl (C=O) groups is 3. The van der Waals surface area contributed by atoms with E-state index in [0.717, 1.165) is 86.6 Å². The number of carbonyl (C=O) groups excluding carboxylic acids is 3. The van der Waals surface area contributed by atoms with Crippen molar-refractivity contribution >= 4 is 36.1 Å². The first-order valence-electron chi connectivity index (χ1n) is 23.4. The lowest BCUT2D eigenvalue weighted by Gasteiger charge is -2.17. The molecule has 7 heteroatoms. The highest BCUT2D eigenvalue weighted by atomic mass is 16.5. The monoisotopic (exact) mass is 891 g/mol. The number of aryl methyl sites for hydroxylation is 1. The van der Waals surface area contributed by atoms with Crippen LogP contribution in [-0.4, -0.2) is 44.8 Å². The van der Waals surface area contributed by atoms with Gasteiger partial charge in [-0.05, 0) is 121 Å². The summed E-state index contributed by atoms with van der Waals surface area (Å²) in [6.45, 7) is 23.6. The van der Waals surface area contributed by atoms with Crippen molar-refractivity contribution in [1.82, 2.24) is 0 Å². The molecule has 0 spiro atoms. The molecule has 0 saturated heterocycles. The molecule has 0 radical (unpaired) electrons. The maximum Gasteiger partial charge on any atom is 0.330 e. The Morgan fingerprint density at radius 3 is 1.20 bits per heavy atom. The second-order valence-corrected chi connectivity index (χ2v) is 19.6. The van der Waals surface area contributed by atoms with Crippen LogP contribution in [0.2, 0.25) is 0 Å². The molecule has 65 heavy (non-hydrogen) atoms. The molecule has 3 aromatic carbocycles. The van der Waals surface area contributed by atoms with Gasteiger partial charge in [0.05, 0.1) is 26.9 Å². The van der Waals surface area contributed by atoms with Crippen molar-refractivity contribution in [2.75, 3.05) is 26.9 Å². The van der Waals surface area contributed by atoms with E-state index in [1.807, 2.05) is 78.9 Å². The van der Waals surface area contributed by atoms with Gasteiger partial charge in [-0.1, -0.05) is 172 Å². The molecule has 3 aromatic rings. The van der Waals surface area contributed by atoms with E-state index in [-0.39, 0.29) is 17.9 Å². The Morgan fingerprint density at radius 2 is 0.815 bits per heavy atom. The van der Waals surface area contributed by atoms with Crippen molar-refractivity contribution in [1.29, 1.82) is 0 Å². The third kappa shape index (κ3) is 35.6. The molecule has 7 nitrogen and oxygen atoms in total. The van der Waals surface area contributed by atoms with Crippen molar-refractivity contribution in [3.8, 4) is 5.75 Å². The second-order valence-electron chi connectivity index (χ2n) is 19.6. The summed E-state index contributed by atoms with van der Waals surface area (Å²) < 4.78 is 20.6. The summed E-state index contributed by atoms with van der Waals surface area (Å²) in [6, 6.07) is 25.9. The Balaban J connectivity index is 0.000000488. The van der Waals surface area contributed by atoms with Crippen LogP contribution in [0, 0.1) is 16.2 Å². The lowest BCUT2D eigenvalue weighted by molar-refractivity contribution is -0.138. The van der Waals surface area contributed by atoms with Crippen LogP contribution in [0.5, 0.6) is 5.75 Å². The number of rotatable bonds is 22. The summed E-state index contributed by atoms with van der Waals surface area (Å²) in [5, 5.41) is 0. The normalized spacial score (nSPS) is 12.0. The van der Waals surface area contributed by atoms with Crippen LogP contribution in [0.4, 0.5) is 0 Å². The quantitative estimate of drug-likeness (QED) is 0.0326. The maximum absolute atomic E-state index is 11.6. The zero-order valence-corrected chi connectivity index (χ0v) is 41.8. The van der Waals surface area contributed by atoms with E-state index < -0.39 is 0 Å². The van der Waals surface area contributed by atoms with Gasteiger partial charge in [0.25, 0.3) is 0 Å². The third-order valence-corrected chi connectivity index (χ3v) is 9.68. The second kappa shape index (κ2) is 33.1. The minimum Gasteiger partial charge on any atom is -0.497 e. The van der Waals surface area contributed by atoms with E-state index in [1.54, 1.807) is 25.3 Å². The Labute approximate surface area is 394 Å². The first-order chi connectivity index (χ1) is 30.8. The molecule has 0 aromatic heterocycles. The van der Waals surface area contributed by atoms with Gasteiger partial charge in [-0.25, -0.2) is 14.4 Å². The number of methoxy groups -OCH3 is 1. The molecule has 0 atom stereocenters. The summed E-state index contributed by atoms with van der Waals surface area (Å²) in [5.41, 5.74) is 5.56. The van der Waals surface area contributed by atoms with Crippen LogP contribution in [0.15, 0.2) is 121 Å². The Kier molecular flexibility index (Phi) is 29.3. The van der Waals surface area contributed by atoms with Crippen molar-refractivity contribution in [3.63, 3.8) is 0 Å². The number of ether oxygens (including phenoxy) is 4. The molecular weight excluding hydrogens is 809 g/mol. The van der Waals surface area contributed by atoms with Crippen LogP contribution < -0.4 is 4.74 Å². The maximum atomic E-state index is 11.6. The van der Waals surface area contributed by atoms with E-state index in [4.69, 9.17) is 18.9 Å². The fourth-order valence-corrected chi connectivity index (χ4v) is 5.84. The van der Waals surface area contributed by atoms with Gasteiger partial charge >= 0.3 is 17.9 Å². The van der Waals surface area contributed by atoms with Crippen LogP contribution in [0.3, 0.4) is 0 Å². The Morgan fingerprint density at radius 1 is 0.446 bits per heavy atom. The largest absolute Gasteiger partial charge is 0.497 e. The van der Waals surface area contributed by atoms with Gasteiger partial charge in [-0.2, -0.15) is 0 Å². The van der Waals surface area contributed by atoms with Gasteiger partial charge in [-0.15, -0.1) is 0 Å². The van der Waals surface area contributed by atoms with Gasteiger partial charge in [0.15, 0.2) is 0 Å². The topological polar surface area (TPSA) is 88.1 Å². The van der Waals surface area contributed by atoms with Gasteiger partial charge < -0.3 is 18.9 Å². The summed E-state index contributed by atoms with van der Waals surface area (Å²) in [6.07, 6.45) is 27.8. The number of benzene rings is 3. The molecule has 356 valence electrons. The fraction of sp³-hybridized carbons (Fsp3) is 0.466. The molecule has 0 N–H and O–H groups in total. The third-order valence-electron chi connectivity index (χ3n) is 9.68. The van der Waals surface area contributed by atoms with E-state index in [2.05, 4.69) is 93.5 Å². The molecule has 0 heterocycles. The van der Waals surface area contributed by atoms with E-state index >= 15 is 0 Å². The molecule has 0 amide bonds. The molecule has 0 aliphatic heterocycles. The Bertz CT molecular complexity index is 1880. The minimum absolute atomic E-state index is 0.272. The van der Waals surface area contributed by atoms with Crippen LogP contribution in [0.25, 0.3) is 18.2 Å². The molecule has 3 rings (SSSR count). The summed E-state index contributed by atoms with van der Waals surface area (Å²) in [7, 11) is 1.63. The number of esters is 3. The first kappa shape index (κ1) is 57.6. The molecule has 0 aliphatic carbocycles. The zero-order chi connectivity index (χ0) is 48.4. The molecule has 0 aliphatic rings. The first-order valence-corrected chi connectivity index (χ1v) is 23.4. The lowest BCUT2D eigenvalue weighted by atomic mass is 9.90. The van der Waals surface area contributed by atoms with Crippen molar-refractivity contribution < 1.29 is 33.3 Å². The highest BCUT2D eigenvalue weighted by Crippen LogP contribution is 2.23.